The molecule has 8 heteroatoms. The van der Waals surface area contributed by atoms with E-state index in [9.17, 15) is 35.4 Å². The van der Waals surface area contributed by atoms with Crippen LogP contribution in [-0.2, 0) is 11.2 Å². The Balaban J connectivity index is 1.40. The van der Waals surface area contributed by atoms with E-state index in [1.807, 2.05) is 12.1 Å². The van der Waals surface area contributed by atoms with Crippen LogP contribution >= 0.6 is 0 Å². The molecule has 1 heterocycles. The van der Waals surface area contributed by atoms with Crippen molar-refractivity contribution in [1.29, 1.82) is 0 Å². The van der Waals surface area contributed by atoms with Crippen LogP contribution in [-0.4, -0.2) is 54.3 Å². The van der Waals surface area contributed by atoms with Gasteiger partial charge in [-0.05, 0) is 81.5 Å². The van der Waals surface area contributed by atoms with Gasteiger partial charge in [-0.3, -0.25) is 4.79 Å². The minimum absolute atomic E-state index is 0.0274. The molecule has 0 radical (unpaired) electrons. The van der Waals surface area contributed by atoms with Gasteiger partial charge in [0, 0.05) is 17.0 Å². The molecule has 5 unspecified atom stereocenters. The Bertz CT molecular complexity index is 1080. The molecule has 0 spiro atoms. The summed E-state index contributed by atoms with van der Waals surface area (Å²) in [5.41, 5.74) is 1.27. The molecule has 1 aromatic heterocycles. The van der Waals surface area contributed by atoms with E-state index < -0.39 is 23.6 Å². The third-order valence-corrected chi connectivity index (χ3v) is 9.44. The van der Waals surface area contributed by atoms with Crippen LogP contribution in [0.3, 0.4) is 0 Å². The normalized spacial score (nSPS) is 20.7. The van der Waals surface area contributed by atoms with Crippen LogP contribution < -0.4 is 5.11 Å². The molecule has 242 valence electrons. The molecular weight excluding hydrogens is 546 g/mol. The topological polar surface area (TPSA) is 157 Å². The number of benzene rings is 1. The third kappa shape index (κ3) is 11.5. The zero-order valence-electron chi connectivity index (χ0n) is 26.0. The highest BCUT2D eigenvalue weighted by Gasteiger charge is 2.42. The Morgan fingerprint density at radius 2 is 1.65 bits per heavy atom. The summed E-state index contributed by atoms with van der Waals surface area (Å²) in [6, 6.07) is 7.94. The van der Waals surface area contributed by atoms with E-state index in [1.165, 1.54) is 43.9 Å². The molecule has 43 heavy (non-hydrogen) atoms. The molecule has 6 N–H and O–H groups in total. The van der Waals surface area contributed by atoms with Gasteiger partial charge in [0.1, 0.15) is 5.75 Å². The first kappa shape index (κ1) is 34.9. The molecule has 0 aliphatic heterocycles. The Morgan fingerprint density at radius 3 is 2.30 bits per heavy atom. The Morgan fingerprint density at radius 1 is 0.977 bits per heavy atom. The number of aliphatic hydroxyl groups excluding tert-OH is 2. The first-order valence-electron chi connectivity index (χ1n) is 16.6. The van der Waals surface area contributed by atoms with E-state index in [4.69, 9.17) is 0 Å². The maximum absolute atomic E-state index is 12.0. The standard InChI is InChI=1S/C35H55NO7/c1-2-3-4-5-8-13-28(37)14-9-6-7-10-15-31(34(41)42)33(40)18-20-35(43)19-11-12-26(35)23-27-16-17-32(36-27)25-21-29(38)24-30(39)22-25/h16-17,21-22,24,26,28,31,33,36-40,43H,2-15,18-20,23H2,1H3,(H,41,42)/p-1. The van der Waals surface area contributed by atoms with Crippen LogP contribution in [0, 0.1) is 11.8 Å². The lowest BCUT2D eigenvalue weighted by Crippen LogP contribution is -2.37. The second-order valence-electron chi connectivity index (χ2n) is 12.9. The van der Waals surface area contributed by atoms with E-state index in [-0.39, 0.29) is 29.9 Å². The van der Waals surface area contributed by atoms with E-state index in [2.05, 4.69) is 11.9 Å². The molecule has 1 aromatic carbocycles. The number of unbranched alkanes of at least 4 members (excludes halogenated alkanes) is 7. The number of phenolic OH excluding ortho intramolecular Hbond substituents is 1. The fraction of sp³-hybridized carbons (Fsp3) is 0.686. The number of carboxylic acids is 1. The van der Waals surface area contributed by atoms with E-state index >= 15 is 0 Å². The Labute approximate surface area is 257 Å². The van der Waals surface area contributed by atoms with E-state index in [1.54, 1.807) is 0 Å². The molecule has 1 aliphatic rings. The number of rotatable bonds is 21. The van der Waals surface area contributed by atoms with Crippen LogP contribution in [0.5, 0.6) is 11.5 Å². The average molecular weight is 601 g/mol. The third-order valence-electron chi connectivity index (χ3n) is 9.44. The highest BCUT2D eigenvalue weighted by atomic mass is 16.4. The highest BCUT2D eigenvalue weighted by Crippen LogP contribution is 2.42. The predicted octanol–water partition coefficient (Wildman–Crippen LogP) is 6.44. The van der Waals surface area contributed by atoms with E-state index in [0.29, 0.717) is 31.2 Å². The lowest BCUT2D eigenvalue weighted by molar-refractivity contribution is -0.268. The number of phenols is 1. The van der Waals surface area contributed by atoms with Crippen molar-refractivity contribution in [2.75, 3.05) is 0 Å². The quantitative estimate of drug-likeness (QED) is 0.0900. The minimum Gasteiger partial charge on any atom is -0.872 e. The first-order chi connectivity index (χ1) is 20.6. The van der Waals surface area contributed by atoms with Gasteiger partial charge in [0.05, 0.1) is 23.7 Å². The highest BCUT2D eigenvalue weighted by molar-refractivity contribution is 5.70. The van der Waals surface area contributed by atoms with E-state index in [0.717, 1.165) is 69.2 Å². The van der Waals surface area contributed by atoms with Crippen molar-refractivity contribution in [2.45, 2.75) is 140 Å². The van der Waals surface area contributed by atoms with Crippen LogP contribution in [0.25, 0.3) is 11.3 Å². The smallest absolute Gasteiger partial charge is 0.309 e. The maximum Gasteiger partial charge on any atom is 0.309 e. The van der Waals surface area contributed by atoms with Crippen LogP contribution in [0.4, 0.5) is 0 Å². The summed E-state index contributed by atoms with van der Waals surface area (Å²) in [7, 11) is 0. The van der Waals surface area contributed by atoms with Gasteiger partial charge in [0.2, 0.25) is 0 Å². The van der Waals surface area contributed by atoms with Gasteiger partial charge < -0.3 is 35.6 Å². The number of aromatic amines is 1. The molecule has 1 aliphatic carbocycles. The zero-order valence-corrected chi connectivity index (χ0v) is 26.0. The van der Waals surface area contributed by atoms with Crippen molar-refractivity contribution in [3.63, 3.8) is 0 Å². The molecule has 0 bridgehead atoms. The largest absolute Gasteiger partial charge is 0.872 e. The summed E-state index contributed by atoms with van der Waals surface area (Å²) >= 11 is 0. The fourth-order valence-electron chi connectivity index (χ4n) is 6.79. The van der Waals surface area contributed by atoms with Crippen molar-refractivity contribution in [3.05, 3.63) is 36.0 Å². The SMILES string of the molecule is CCCCCCCC(O)CCCCCCC(C(=O)O)C(O)CCC1(O)CCCC1Cc1ccc(-c2cc([O-])cc(O)c2)[nH]1. The molecule has 1 fully saturated rings. The molecular formula is C35H54NO7-. The Kier molecular flexibility index (Phi) is 14.4. The summed E-state index contributed by atoms with van der Waals surface area (Å²) < 4.78 is 0. The summed E-state index contributed by atoms with van der Waals surface area (Å²) in [6.07, 6.45) is 13.8. The van der Waals surface area contributed by atoms with Gasteiger partial charge in [0.15, 0.2) is 0 Å². The minimum atomic E-state index is -1.01. The molecule has 3 rings (SSSR count). The van der Waals surface area contributed by atoms with Gasteiger partial charge in [-0.25, -0.2) is 0 Å². The number of carbonyl (C=O) groups is 1. The Hall–Kier alpha value is -2.55. The number of H-pyrrole nitrogens is 1. The number of aliphatic hydroxyl groups is 3. The van der Waals surface area contributed by atoms with Crippen molar-refractivity contribution < 1.29 is 35.4 Å². The predicted molar refractivity (Wildman–Crippen MR) is 167 cm³/mol. The molecule has 0 amide bonds. The summed E-state index contributed by atoms with van der Waals surface area (Å²) in [6.45, 7) is 2.20. The van der Waals surface area contributed by atoms with Gasteiger partial charge in [-0.2, -0.15) is 0 Å². The molecule has 8 nitrogen and oxygen atoms in total. The van der Waals surface area contributed by atoms with Crippen molar-refractivity contribution in [2.24, 2.45) is 11.8 Å². The van der Waals surface area contributed by atoms with Gasteiger partial charge >= 0.3 is 5.97 Å². The van der Waals surface area contributed by atoms with Gasteiger partial charge in [0.25, 0.3) is 0 Å². The molecule has 2 aromatic rings. The van der Waals surface area contributed by atoms with Crippen molar-refractivity contribution in [3.8, 4) is 22.8 Å². The number of hydrogen-bond donors (Lipinski definition) is 6. The lowest BCUT2D eigenvalue weighted by atomic mass is 9.81. The number of carboxylic acid groups (broad SMARTS) is 1. The molecule has 1 saturated carbocycles. The number of aromatic hydroxyl groups is 1. The van der Waals surface area contributed by atoms with Crippen molar-refractivity contribution >= 4 is 5.97 Å². The first-order valence-corrected chi connectivity index (χ1v) is 16.6. The summed E-state index contributed by atoms with van der Waals surface area (Å²) in [5, 5.41) is 63.9. The summed E-state index contributed by atoms with van der Waals surface area (Å²) in [5.74, 6) is -2.22. The second-order valence-corrected chi connectivity index (χ2v) is 12.9. The van der Waals surface area contributed by atoms with Gasteiger partial charge in [-0.15, -0.1) is 5.75 Å². The number of nitrogens with one attached hydrogen (secondary N) is 1. The zero-order chi connectivity index (χ0) is 31.2. The molecule has 0 saturated heterocycles. The van der Waals surface area contributed by atoms with Crippen molar-refractivity contribution in [1.82, 2.24) is 4.98 Å². The number of hydrogen-bond acceptors (Lipinski definition) is 6. The number of aliphatic carboxylic acids is 1. The molecule has 5 atom stereocenters. The average Bonchev–Trinajstić information content (AvgIpc) is 3.57. The number of aromatic nitrogens is 1. The monoisotopic (exact) mass is 600 g/mol. The maximum atomic E-state index is 12.0. The second kappa shape index (κ2) is 17.7. The van der Waals surface area contributed by atoms with Crippen LogP contribution in [0.2, 0.25) is 0 Å². The fourth-order valence-corrected chi connectivity index (χ4v) is 6.79. The van der Waals surface area contributed by atoms with Crippen LogP contribution in [0.1, 0.15) is 122 Å². The summed E-state index contributed by atoms with van der Waals surface area (Å²) in [4.78, 5) is 15.3. The van der Waals surface area contributed by atoms with Crippen LogP contribution in [0.15, 0.2) is 30.3 Å². The van der Waals surface area contributed by atoms with Gasteiger partial charge in [-0.1, -0.05) is 77.2 Å². The lowest BCUT2D eigenvalue weighted by Gasteiger charge is -2.32.